The van der Waals surface area contributed by atoms with Crippen LogP contribution in [0, 0.1) is 0 Å². The van der Waals surface area contributed by atoms with Gasteiger partial charge < -0.3 is 9.47 Å². The summed E-state index contributed by atoms with van der Waals surface area (Å²) in [5.74, 6) is 0.934. The van der Waals surface area contributed by atoms with Crippen molar-refractivity contribution in [2.75, 3.05) is 19.8 Å². The van der Waals surface area contributed by atoms with Gasteiger partial charge in [0.1, 0.15) is 12.4 Å². The molecule has 0 bridgehead atoms. The van der Waals surface area contributed by atoms with Gasteiger partial charge in [0.2, 0.25) is 0 Å². The molecule has 0 fully saturated rings. The first-order valence-corrected chi connectivity index (χ1v) is 5.16. The Bertz CT molecular complexity index is 258. The predicted octanol–water partition coefficient (Wildman–Crippen LogP) is 2.66. The fourth-order valence-electron chi connectivity index (χ4n) is 1.22. The minimum atomic E-state index is 0.626. The molecule has 0 heterocycles. The van der Waals surface area contributed by atoms with Gasteiger partial charge in [-0.2, -0.15) is 0 Å². The molecule has 0 amide bonds. The third-order valence-corrected chi connectivity index (χ3v) is 2.01. The van der Waals surface area contributed by atoms with Crippen LogP contribution in [0.2, 0.25) is 0 Å². The van der Waals surface area contributed by atoms with Crippen LogP contribution in [0.4, 0.5) is 0 Å². The highest BCUT2D eigenvalue weighted by molar-refractivity contribution is 5.28. The normalized spacial score (nSPS) is 10.1. The lowest BCUT2D eigenvalue weighted by molar-refractivity contribution is 0.110. The van der Waals surface area contributed by atoms with Crippen molar-refractivity contribution in [2.45, 2.75) is 20.3 Å². The van der Waals surface area contributed by atoms with E-state index in [0.29, 0.717) is 13.2 Å². The molecule has 0 aliphatic rings. The lowest BCUT2D eigenvalue weighted by atomic mass is 10.2. The van der Waals surface area contributed by atoms with Crippen molar-refractivity contribution >= 4 is 0 Å². The molecule has 0 aromatic heterocycles. The van der Waals surface area contributed by atoms with Crippen LogP contribution in [0.5, 0.6) is 5.75 Å². The SMILES string of the molecule is CCOCCOc1cccc(CC)c1. The summed E-state index contributed by atoms with van der Waals surface area (Å²) in [4.78, 5) is 0. The molecule has 0 atom stereocenters. The van der Waals surface area contributed by atoms with Crippen molar-refractivity contribution in [3.8, 4) is 5.75 Å². The van der Waals surface area contributed by atoms with E-state index in [0.717, 1.165) is 18.8 Å². The largest absolute Gasteiger partial charge is 0.491 e. The average molecular weight is 194 g/mol. The Morgan fingerprint density at radius 3 is 2.71 bits per heavy atom. The highest BCUT2D eigenvalue weighted by Crippen LogP contribution is 2.13. The van der Waals surface area contributed by atoms with E-state index in [4.69, 9.17) is 9.47 Å². The molecular formula is C12H18O2. The van der Waals surface area contributed by atoms with E-state index >= 15 is 0 Å². The molecule has 1 aromatic rings. The fraction of sp³-hybridized carbons (Fsp3) is 0.500. The Morgan fingerprint density at radius 2 is 2.00 bits per heavy atom. The molecule has 0 saturated carbocycles. The van der Waals surface area contributed by atoms with Gasteiger partial charge in [-0.1, -0.05) is 19.1 Å². The lowest BCUT2D eigenvalue weighted by Gasteiger charge is -2.07. The summed E-state index contributed by atoms with van der Waals surface area (Å²) < 4.78 is 10.7. The van der Waals surface area contributed by atoms with Crippen LogP contribution < -0.4 is 4.74 Å². The maximum absolute atomic E-state index is 5.53. The summed E-state index contributed by atoms with van der Waals surface area (Å²) in [6.07, 6.45) is 1.04. The number of ether oxygens (including phenoxy) is 2. The minimum Gasteiger partial charge on any atom is -0.491 e. The number of hydrogen-bond acceptors (Lipinski definition) is 2. The van der Waals surface area contributed by atoms with Gasteiger partial charge >= 0.3 is 0 Å². The molecular weight excluding hydrogens is 176 g/mol. The van der Waals surface area contributed by atoms with Crippen LogP contribution in [-0.2, 0) is 11.2 Å². The highest BCUT2D eigenvalue weighted by atomic mass is 16.5. The summed E-state index contributed by atoms with van der Waals surface area (Å²) in [6, 6.07) is 8.18. The molecule has 2 heteroatoms. The number of aryl methyl sites for hydroxylation is 1. The van der Waals surface area contributed by atoms with Gasteiger partial charge in [-0.15, -0.1) is 0 Å². The van der Waals surface area contributed by atoms with E-state index in [-0.39, 0.29) is 0 Å². The van der Waals surface area contributed by atoms with E-state index < -0.39 is 0 Å². The van der Waals surface area contributed by atoms with Crippen LogP contribution in [0.1, 0.15) is 19.4 Å². The summed E-state index contributed by atoms with van der Waals surface area (Å²) >= 11 is 0. The first kappa shape index (κ1) is 11.1. The van der Waals surface area contributed by atoms with Gasteiger partial charge in [-0.25, -0.2) is 0 Å². The number of benzene rings is 1. The molecule has 78 valence electrons. The molecule has 0 unspecified atom stereocenters. The van der Waals surface area contributed by atoms with E-state index in [1.54, 1.807) is 0 Å². The zero-order chi connectivity index (χ0) is 10.2. The third kappa shape index (κ3) is 3.79. The van der Waals surface area contributed by atoms with Crippen LogP contribution >= 0.6 is 0 Å². The Labute approximate surface area is 85.8 Å². The van der Waals surface area contributed by atoms with Crippen LogP contribution in [0.25, 0.3) is 0 Å². The van der Waals surface area contributed by atoms with Gasteiger partial charge in [0, 0.05) is 6.61 Å². The quantitative estimate of drug-likeness (QED) is 0.648. The number of hydrogen-bond donors (Lipinski definition) is 0. The molecule has 14 heavy (non-hydrogen) atoms. The maximum Gasteiger partial charge on any atom is 0.119 e. The van der Waals surface area contributed by atoms with Crippen molar-refractivity contribution in [1.29, 1.82) is 0 Å². The van der Waals surface area contributed by atoms with Gasteiger partial charge in [-0.05, 0) is 31.0 Å². The minimum absolute atomic E-state index is 0.626. The second-order valence-electron chi connectivity index (χ2n) is 3.05. The predicted molar refractivity (Wildman–Crippen MR) is 57.8 cm³/mol. The van der Waals surface area contributed by atoms with E-state index in [1.165, 1.54) is 5.56 Å². The second-order valence-corrected chi connectivity index (χ2v) is 3.05. The zero-order valence-corrected chi connectivity index (χ0v) is 8.95. The van der Waals surface area contributed by atoms with Crippen molar-refractivity contribution < 1.29 is 9.47 Å². The maximum atomic E-state index is 5.53. The molecule has 0 aliphatic heterocycles. The molecule has 1 aromatic carbocycles. The third-order valence-electron chi connectivity index (χ3n) is 2.01. The fourth-order valence-corrected chi connectivity index (χ4v) is 1.22. The first-order chi connectivity index (χ1) is 6.86. The van der Waals surface area contributed by atoms with Crippen molar-refractivity contribution in [3.05, 3.63) is 29.8 Å². The Kier molecular flexibility index (Phi) is 5.08. The van der Waals surface area contributed by atoms with Gasteiger partial charge in [0.15, 0.2) is 0 Å². The van der Waals surface area contributed by atoms with Crippen LogP contribution in [0.3, 0.4) is 0 Å². The summed E-state index contributed by atoms with van der Waals surface area (Å²) in [6.45, 7) is 6.16. The van der Waals surface area contributed by atoms with Crippen LogP contribution in [-0.4, -0.2) is 19.8 Å². The topological polar surface area (TPSA) is 18.5 Å². The van der Waals surface area contributed by atoms with Gasteiger partial charge in [0.25, 0.3) is 0 Å². The Hall–Kier alpha value is -1.02. The zero-order valence-electron chi connectivity index (χ0n) is 8.95. The molecule has 0 saturated heterocycles. The van der Waals surface area contributed by atoms with E-state index in [2.05, 4.69) is 19.1 Å². The van der Waals surface area contributed by atoms with Gasteiger partial charge in [0.05, 0.1) is 6.61 Å². The Morgan fingerprint density at radius 1 is 1.14 bits per heavy atom. The molecule has 0 aliphatic carbocycles. The molecule has 0 N–H and O–H groups in total. The van der Waals surface area contributed by atoms with Crippen molar-refractivity contribution in [3.63, 3.8) is 0 Å². The molecule has 0 radical (unpaired) electrons. The van der Waals surface area contributed by atoms with E-state index in [1.807, 2.05) is 19.1 Å². The highest BCUT2D eigenvalue weighted by Gasteiger charge is 1.94. The molecule has 0 spiro atoms. The molecule has 1 rings (SSSR count). The lowest BCUT2D eigenvalue weighted by Crippen LogP contribution is -2.06. The van der Waals surface area contributed by atoms with Crippen molar-refractivity contribution in [1.82, 2.24) is 0 Å². The first-order valence-electron chi connectivity index (χ1n) is 5.16. The van der Waals surface area contributed by atoms with Gasteiger partial charge in [-0.3, -0.25) is 0 Å². The Balaban J connectivity index is 2.34. The summed E-state index contributed by atoms with van der Waals surface area (Å²) in [5.41, 5.74) is 1.30. The smallest absolute Gasteiger partial charge is 0.119 e. The van der Waals surface area contributed by atoms with Crippen LogP contribution in [0.15, 0.2) is 24.3 Å². The average Bonchev–Trinajstić information content (AvgIpc) is 2.25. The van der Waals surface area contributed by atoms with Crippen molar-refractivity contribution in [2.24, 2.45) is 0 Å². The van der Waals surface area contributed by atoms with E-state index in [9.17, 15) is 0 Å². The summed E-state index contributed by atoms with van der Waals surface area (Å²) in [7, 11) is 0. The standard InChI is InChI=1S/C12H18O2/c1-3-11-6-5-7-12(10-11)14-9-8-13-4-2/h5-7,10H,3-4,8-9H2,1-2H3. The monoisotopic (exact) mass is 194 g/mol. The molecule has 2 nitrogen and oxygen atoms in total. The summed E-state index contributed by atoms with van der Waals surface area (Å²) in [5, 5.41) is 0. The second kappa shape index (κ2) is 6.44. The number of rotatable bonds is 6.